The molecular weight excluding hydrogens is 288 g/mol. The lowest BCUT2D eigenvalue weighted by atomic mass is 9.78. The quantitative estimate of drug-likeness (QED) is 0.667. The van der Waals surface area contributed by atoms with Crippen molar-refractivity contribution >= 4 is 23.3 Å². The molecule has 2 rings (SSSR count). The average molecular weight is 305 g/mol. The Hall–Kier alpha value is -2.44. The van der Waals surface area contributed by atoms with Gasteiger partial charge in [0.05, 0.1) is 16.2 Å². The molecule has 22 heavy (non-hydrogen) atoms. The average Bonchev–Trinajstić information content (AvgIpc) is 2.49. The normalized spacial score (nSPS) is 21.1. The number of carbonyl (C=O) groups is 2. The highest BCUT2D eigenvalue weighted by atomic mass is 16.6. The molecule has 1 fully saturated rings. The second-order valence-corrected chi connectivity index (χ2v) is 5.51. The maximum absolute atomic E-state index is 12.3. The molecule has 0 saturated heterocycles. The first-order chi connectivity index (χ1) is 10.4. The number of nitro benzene ring substituents is 1. The van der Waals surface area contributed by atoms with Gasteiger partial charge < -0.3 is 15.2 Å². The Morgan fingerprint density at radius 1 is 1.23 bits per heavy atom. The van der Waals surface area contributed by atoms with Gasteiger partial charge in [0.25, 0.3) is 5.69 Å². The van der Waals surface area contributed by atoms with Gasteiger partial charge >= 0.3 is 0 Å². The minimum atomic E-state index is -1.21. The van der Waals surface area contributed by atoms with E-state index in [0.717, 1.165) is 12.8 Å². The van der Waals surface area contributed by atoms with Crippen LogP contribution in [0.15, 0.2) is 18.2 Å². The fraction of sp³-hybridized carbons (Fsp3) is 0.467. The summed E-state index contributed by atoms with van der Waals surface area (Å²) in [5.74, 6) is -3.08. The number of nitrogens with zero attached hydrogens (tertiary/aromatic N) is 1. The summed E-state index contributed by atoms with van der Waals surface area (Å²) in [5.41, 5.74) is 0.599. The van der Waals surface area contributed by atoms with Gasteiger partial charge in [-0.05, 0) is 25.8 Å². The molecule has 7 nitrogen and oxygen atoms in total. The summed E-state index contributed by atoms with van der Waals surface area (Å²) < 4.78 is 0. The third-order valence-electron chi connectivity index (χ3n) is 4.17. The first-order valence-corrected chi connectivity index (χ1v) is 7.17. The lowest BCUT2D eigenvalue weighted by molar-refractivity contribution is -0.385. The molecule has 0 spiro atoms. The Labute approximate surface area is 127 Å². The van der Waals surface area contributed by atoms with Crippen LogP contribution in [0.3, 0.4) is 0 Å². The lowest BCUT2D eigenvalue weighted by Gasteiger charge is -2.31. The van der Waals surface area contributed by atoms with Crippen LogP contribution in [0.4, 0.5) is 11.4 Å². The number of rotatable bonds is 4. The number of carbonyl (C=O) groups excluding carboxylic acids is 2. The molecule has 0 heterocycles. The van der Waals surface area contributed by atoms with Gasteiger partial charge in [0.2, 0.25) is 5.91 Å². The van der Waals surface area contributed by atoms with E-state index in [1.165, 1.54) is 12.1 Å². The van der Waals surface area contributed by atoms with Gasteiger partial charge in [-0.1, -0.05) is 18.9 Å². The van der Waals surface area contributed by atoms with Crippen LogP contribution in [0, 0.1) is 28.9 Å². The van der Waals surface area contributed by atoms with Crippen LogP contribution >= 0.6 is 0 Å². The van der Waals surface area contributed by atoms with Crippen LogP contribution in [0.25, 0.3) is 0 Å². The van der Waals surface area contributed by atoms with Crippen LogP contribution in [0.1, 0.15) is 31.2 Å². The smallest absolute Gasteiger partial charge is 0.274 e. The Bertz CT molecular complexity index is 614. The van der Waals surface area contributed by atoms with E-state index in [0.29, 0.717) is 24.1 Å². The van der Waals surface area contributed by atoms with E-state index in [2.05, 4.69) is 5.32 Å². The zero-order chi connectivity index (χ0) is 16.3. The Morgan fingerprint density at radius 3 is 2.45 bits per heavy atom. The van der Waals surface area contributed by atoms with E-state index in [-0.39, 0.29) is 5.69 Å². The molecule has 1 amide bonds. The number of aliphatic carboxylic acids is 1. The number of nitro groups is 1. The van der Waals surface area contributed by atoms with E-state index < -0.39 is 28.6 Å². The summed E-state index contributed by atoms with van der Waals surface area (Å²) in [4.78, 5) is 33.9. The molecule has 1 aromatic rings. The van der Waals surface area contributed by atoms with Crippen molar-refractivity contribution in [2.24, 2.45) is 11.8 Å². The number of carboxylic acids is 1. The standard InChI is InChI=1S/C15H18N2O5/c1-9-12(7-4-8-13(9)17(21)22)16-14(18)10-5-2-3-6-11(10)15(19)20/h4,7-8,10-11H,2-3,5-6H2,1H3,(H,16,18)(H,19,20)/p-1/t10-,11-/m1/s1. The summed E-state index contributed by atoms with van der Waals surface area (Å²) in [6, 6.07) is 4.41. The van der Waals surface area contributed by atoms with Crippen molar-refractivity contribution in [3.8, 4) is 0 Å². The number of nitrogens with one attached hydrogen (secondary N) is 1. The second kappa shape index (κ2) is 6.55. The monoisotopic (exact) mass is 305 g/mol. The molecular formula is C15H17N2O5-. The van der Waals surface area contributed by atoms with Crippen LogP contribution in [-0.2, 0) is 9.59 Å². The highest BCUT2D eigenvalue weighted by Gasteiger charge is 2.32. The van der Waals surface area contributed by atoms with Crippen LogP contribution in [-0.4, -0.2) is 16.8 Å². The molecule has 118 valence electrons. The lowest BCUT2D eigenvalue weighted by Crippen LogP contribution is -2.42. The summed E-state index contributed by atoms with van der Waals surface area (Å²) in [6.45, 7) is 1.55. The van der Waals surface area contributed by atoms with Gasteiger partial charge in [0.15, 0.2) is 0 Å². The molecule has 7 heteroatoms. The van der Waals surface area contributed by atoms with E-state index in [1.54, 1.807) is 13.0 Å². The topological polar surface area (TPSA) is 112 Å². The van der Waals surface area contributed by atoms with Crippen LogP contribution in [0.2, 0.25) is 0 Å². The molecule has 2 atom stereocenters. The van der Waals surface area contributed by atoms with Gasteiger partial charge in [-0.3, -0.25) is 14.9 Å². The van der Waals surface area contributed by atoms with E-state index in [9.17, 15) is 24.8 Å². The summed E-state index contributed by atoms with van der Waals surface area (Å²) >= 11 is 0. The van der Waals surface area contributed by atoms with Crippen molar-refractivity contribution in [1.29, 1.82) is 0 Å². The molecule has 0 bridgehead atoms. The maximum atomic E-state index is 12.3. The zero-order valence-corrected chi connectivity index (χ0v) is 12.2. The van der Waals surface area contributed by atoms with Gasteiger partial charge in [-0.15, -0.1) is 0 Å². The number of hydrogen-bond donors (Lipinski definition) is 1. The van der Waals surface area contributed by atoms with E-state index >= 15 is 0 Å². The predicted molar refractivity (Wildman–Crippen MR) is 76.9 cm³/mol. The molecule has 1 aromatic carbocycles. The molecule has 1 saturated carbocycles. The van der Waals surface area contributed by atoms with Crippen molar-refractivity contribution in [3.63, 3.8) is 0 Å². The number of amides is 1. The summed E-state index contributed by atoms with van der Waals surface area (Å²) in [5, 5.41) is 24.7. The third-order valence-corrected chi connectivity index (χ3v) is 4.17. The minimum absolute atomic E-state index is 0.0853. The van der Waals surface area contributed by atoms with Crippen molar-refractivity contribution < 1.29 is 19.6 Å². The van der Waals surface area contributed by atoms with E-state index in [4.69, 9.17) is 0 Å². The Balaban J connectivity index is 2.19. The third kappa shape index (κ3) is 3.24. The van der Waals surface area contributed by atoms with Gasteiger partial charge in [0, 0.05) is 23.9 Å². The predicted octanol–water partition coefficient (Wildman–Crippen LogP) is 1.40. The highest BCUT2D eigenvalue weighted by Crippen LogP contribution is 2.32. The fourth-order valence-electron chi connectivity index (χ4n) is 2.91. The molecule has 1 aliphatic carbocycles. The van der Waals surface area contributed by atoms with Gasteiger partial charge in [-0.25, -0.2) is 0 Å². The van der Waals surface area contributed by atoms with Crippen molar-refractivity contribution in [2.75, 3.05) is 5.32 Å². The van der Waals surface area contributed by atoms with Crippen LogP contribution in [0.5, 0.6) is 0 Å². The Kier molecular flexibility index (Phi) is 4.75. The molecule has 1 N–H and O–H groups in total. The van der Waals surface area contributed by atoms with Gasteiger partial charge in [-0.2, -0.15) is 0 Å². The Morgan fingerprint density at radius 2 is 1.86 bits per heavy atom. The fourth-order valence-corrected chi connectivity index (χ4v) is 2.91. The largest absolute Gasteiger partial charge is 0.550 e. The number of hydrogen-bond acceptors (Lipinski definition) is 5. The molecule has 0 aromatic heterocycles. The van der Waals surface area contributed by atoms with Crippen molar-refractivity contribution in [3.05, 3.63) is 33.9 Å². The summed E-state index contributed by atoms with van der Waals surface area (Å²) in [7, 11) is 0. The zero-order valence-electron chi connectivity index (χ0n) is 12.2. The number of anilines is 1. The molecule has 0 radical (unpaired) electrons. The molecule has 1 aliphatic rings. The highest BCUT2D eigenvalue weighted by molar-refractivity contribution is 5.96. The molecule has 0 unspecified atom stereocenters. The maximum Gasteiger partial charge on any atom is 0.274 e. The van der Waals surface area contributed by atoms with Crippen molar-refractivity contribution in [1.82, 2.24) is 0 Å². The number of carboxylic acid groups (broad SMARTS) is 1. The number of benzene rings is 1. The SMILES string of the molecule is Cc1c(NC(=O)[C@@H]2CCCC[C@H]2C(=O)[O-])cccc1[N+](=O)[O-]. The second-order valence-electron chi connectivity index (χ2n) is 5.51. The van der Waals surface area contributed by atoms with E-state index in [1.807, 2.05) is 0 Å². The van der Waals surface area contributed by atoms with Crippen molar-refractivity contribution in [2.45, 2.75) is 32.6 Å². The first kappa shape index (κ1) is 15.9. The molecule has 0 aliphatic heterocycles. The van der Waals surface area contributed by atoms with Crippen LogP contribution < -0.4 is 10.4 Å². The minimum Gasteiger partial charge on any atom is -0.550 e. The van der Waals surface area contributed by atoms with Gasteiger partial charge in [0.1, 0.15) is 0 Å². The summed E-state index contributed by atoms with van der Waals surface area (Å²) in [6.07, 6.45) is 2.46. The first-order valence-electron chi connectivity index (χ1n) is 7.17.